The van der Waals surface area contributed by atoms with E-state index >= 15 is 0 Å². The van der Waals surface area contributed by atoms with Crippen LogP contribution in [-0.2, 0) is 20.8 Å². The minimum atomic E-state index is -0.409. The number of esters is 2. The molecule has 1 rings (SSSR count). The second-order valence-electron chi connectivity index (χ2n) is 4.44. The first-order valence-electron chi connectivity index (χ1n) is 6.40. The summed E-state index contributed by atoms with van der Waals surface area (Å²) in [4.78, 5) is 29.1. The van der Waals surface area contributed by atoms with Crippen LogP contribution in [-0.4, -0.2) is 48.1 Å². The van der Waals surface area contributed by atoms with Crippen LogP contribution in [0.1, 0.15) is 36.3 Å². The molecule has 0 amide bonds. The van der Waals surface area contributed by atoms with Crippen LogP contribution in [0.25, 0.3) is 0 Å². The summed E-state index contributed by atoms with van der Waals surface area (Å²) in [5.74, 6) is -0.702. The monoisotopic (exact) mass is 300 g/mol. The normalized spacial score (nSPS) is 10.9. The van der Waals surface area contributed by atoms with Crippen molar-refractivity contribution in [2.45, 2.75) is 33.4 Å². The quantitative estimate of drug-likeness (QED) is 0.714. The molecular formula is C13H20N2O4S. The van der Waals surface area contributed by atoms with Crippen LogP contribution in [0.5, 0.6) is 0 Å². The van der Waals surface area contributed by atoms with E-state index in [9.17, 15) is 9.59 Å². The molecule has 1 aromatic heterocycles. The Balaban J connectivity index is 2.69. The van der Waals surface area contributed by atoms with E-state index in [1.54, 1.807) is 12.3 Å². The highest BCUT2D eigenvalue weighted by Crippen LogP contribution is 2.14. The van der Waals surface area contributed by atoms with Crippen molar-refractivity contribution in [3.8, 4) is 0 Å². The second-order valence-corrected chi connectivity index (χ2v) is 5.30. The fourth-order valence-electron chi connectivity index (χ4n) is 1.53. The van der Waals surface area contributed by atoms with E-state index in [1.807, 2.05) is 18.7 Å². The maximum atomic E-state index is 11.5. The highest BCUT2D eigenvalue weighted by Gasteiger charge is 2.18. The topological polar surface area (TPSA) is 68.7 Å². The van der Waals surface area contributed by atoms with Crippen molar-refractivity contribution in [3.63, 3.8) is 0 Å². The van der Waals surface area contributed by atoms with Crippen LogP contribution >= 0.6 is 11.3 Å². The summed E-state index contributed by atoms with van der Waals surface area (Å²) < 4.78 is 9.57. The number of aromatic nitrogens is 1. The molecule has 0 aliphatic heterocycles. The second kappa shape index (κ2) is 7.96. The number of methoxy groups -OCH3 is 1. The minimum Gasteiger partial charge on any atom is -0.468 e. The van der Waals surface area contributed by atoms with E-state index in [1.165, 1.54) is 18.4 Å². The van der Waals surface area contributed by atoms with Gasteiger partial charge in [-0.15, -0.1) is 11.3 Å². The zero-order valence-electron chi connectivity index (χ0n) is 12.2. The molecule has 0 saturated carbocycles. The predicted octanol–water partition coefficient (Wildman–Crippen LogP) is 1.70. The molecule has 0 unspecified atom stereocenters. The Labute approximate surface area is 122 Å². The lowest BCUT2D eigenvalue weighted by Crippen LogP contribution is -2.35. The summed E-state index contributed by atoms with van der Waals surface area (Å²) >= 11 is 1.25. The van der Waals surface area contributed by atoms with Crippen LogP contribution in [0, 0.1) is 0 Å². The highest BCUT2D eigenvalue weighted by atomic mass is 32.1. The Morgan fingerprint density at radius 2 is 2.15 bits per heavy atom. The number of thiazole rings is 1. The molecule has 112 valence electrons. The molecule has 0 spiro atoms. The number of hydrogen-bond acceptors (Lipinski definition) is 7. The van der Waals surface area contributed by atoms with E-state index in [-0.39, 0.29) is 18.6 Å². The highest BCUT2D eigenvalue weighted by molar-refractivity contribution is 7.11. The van der Waals surface area contributed by atoms with Crippen molar-refractivity contribution >= 4 is 23.3 Å². The van der Waals surface area contributed by atoms with Crippen LogP contribution in [0.3, 0.4) is 0 Å². The molecule has 1 aromatic rings. The smallest absolute Gasteiger partial charge is 0.367 e. The number of hydrogen-bond donors (Lipinski definition) is 0. The molecule has 0 N–H and O–H groups in total. The minimum absolute atomic E-state index is 0.168. The van der Waals surface area contributed by atoms with Gasteiger partial charge in [-0.05, 0) is 20.8 Å². The Morgan fingerprint density at radius 3 is 2.70 bits per heavy atom. The van der Waals surface area contributed by atoms with E-state index in [4.69, 9.17) is 4.74 Å². The van der Waals surface area contributed by atoms with E-state index in [0.29, 0.717) is 18.2 Å². The van der Waals surface area contributed by atoms with Crippen molar-refractivity contribution in [1.29, 1.82) is 0 Å². The van der Waals surface area contributed by atoms with Crippen molar-refractivity contribution in [3.05, 3.63) is 16.1 Å². The van der Waals surface area contributed by atoms with Gasteiger partial charge in [0.25, 0.3) is 0 Å². The summed E-state index contributed by atoms with van der Waals surface area (Å²) in [6.45, 7) is 6.74. The summed E-state index contributed by atoms with van der Waals surface area (Å²) in [6.07, 6.45) is 0. The SMILES string of the molecule is CCOC(=O)c1nc(CN(CC(=O)OC)C(C)C)cs1. The fraction of sp³-hybridized carbons (Fsp3) is 0.615. The van der Waals surface area contributed by atoms with Gasteiger partial charge >= 0.3 is 11.9 Å². The fourth-order valence-corrected chi connectivity index (χ4v) is 2.23. The molecule has 0 radical (unpaired) electrons. The largest absolute Gasteiger partial charge is 0.468 e. The molecule has 0 aliphatic rings. The molecule has 0 saturated heterocycles. The molecule has 7 heteroatoms. The Morgan fingerprint density at radius 1 is 1.45 bits per heavy atom. The third-order valence-corrected chi connectivity index (χ3v) is 3.53. The number of rotatable bonds is 7. The standard InChI is InChI=1S/C13H20N2O4S/c1-5-19-13(17)12-14-10(8-20-12)6-15(9(2)3)7-11(16)18-4/h8-9H,5-7H2,1-4H3. The van der Waals surface area contributed by atoms with Crippen molar-refractivity contribution in [2.24, 2.45) is 0 Å². The summed E-state index contributed by atoms with van der Waals surface area (Å²) in [5.41, 5.74) is 0.746. The van der Waals surface area contributed by atoms with Crippen molar-refractivity contribution in [1.82, 2.24) is 9.88 Å². The molecule has 0 aromatic carbocycles. The maximum absolute atomic E-state index is 11.5. The van der Waals surface area contributed by atoms with Crippen LogP contribution in [0.4, 0.5) is 0 Å². The molecule has 1 heterocycles. The summed E-state index contributed by atoms with van der Waals surface area (Å²) in [6, 6.07) is 0.168. The molecule has 20 heavy (non-hydrogen) atoms. The Kier molecular flexibility index (Phi) is 6.60. The van der Waals surface area contributed by atoms with E-state index in [0.717, 1.165) is 5.69 Å². The first-order chi connectivity index (χ1) is 9.47. The van der Waals surface area contributed by atoms with Crippen molar-refractivity contribution in [2.75, 3.05) is 20.3 Å². The van der Waals surface area contributed by atoms with Gasteiger partial charge in [-0.25, -0.2) is 9.78 Å². The lowest BCUT2D eigenvalue weighted by Gasteiger charge is -2.24. The zero-order valence-corrected chi connectivity index (χ0v) is 13.0. The van der Waals surface area contributed by atoms with Gasteiger partial charge in [0.2, 0.25) is 5.01 Å². The average molecular weight is 300 g/mol. The molecule has 0 fully saturated rings. The van der Waals surface area contributed by atoms with Gasteiger partial charge in [-0.2, -0.15) is 0 Å². The van der Waals surface area contributed by atoms with Crippen LogP contribution in [0.2, 0.25) is 0 Å². The Bertz CT molecular complexity index is 459. The first kappa shape index (κ1) is 16.6. The molecule has 0 aliphatic carbocycles. The summed E-state index contributed by atoms with van der Waals surface area (Å²) in [5, 5.41) is 2.14. The predicted molar refractivity (Wildman–Crippen MR) is 75.6 cm³/mol. The van der Waals surface area contributed by atoms with Crippen LogP contribution in [0.15, 0.2) is 5.38 Å². The van der Waals surface area contributed by atoms with Gasteiger partial charge in [0.1, 0.15) is 0 Å². The number of carbonyl (C=O) groups excluding carboxylic acids is 2. The zero-order chi connectivity index (χ0) is 15.1. The van der Waals surface area contributed by atoms with Gasteiger partial charge in [0.15, 0.2) is 0 Å². The third-order valence-electron chi connectivity index (χ3n) is 2.66. The van der Waals surface area contributed by atoms with Gasteiger partial charge in [-0.1, -0.05) is 0 Å². The van der Waals surface area contributed by atoms with Crippen molar-refractivity contribution < 1.29 is 19.1 Å². The van der Waals surface area contributed by atoms with Gasteiger partial charge in [0, 0.05) is 18.0 Å². The lowest BCUT2D eigenvalue weighted by molar-refractivity contribution is -0.142. The van der Waals surface area contributed by atoms with Gasteiger partial charge < -0.3 is 9.47 Å². The number of carbonyl (C=O) groups is 2. The van der Waals surface area contributed by atoms with E-state index in [2.05, 4.69) is 9.72 Å². The molecule has 0 bridgehead atoms. The van der Waals surface area contributed by atoms with Crippen LogP contribution < -0.4 is 0 Å². The third kappa shape index (κ3) is 4.90. The Hall–Kier alpha value is -1.47. The van der Waals surface area contributed by atoms with Gasteiger partial charge in [-0.3, -0.25) is 9.69 Å². The number of nitrogens with zero attached hydrogens (tertiary/aromatic N) is 2. The average Bonchev–Trinajstić information content (AvgIpc) is 2.86. The molecule has 6 nitrogen and oxygen atoms in total. The van der Waals surface area contributed by atoms with E-state index < -0.39 is 5.97 Å². The number of ether oxygens (including phenoxy) is 2. The molecular weight excluding hydrogens is 280 g/mol. The maximum Gasteiger partial charge on any atom is 0.367 e. The molecule has 0 atom stereocenters. The summed E-state index contributed by atoms with van der Waals surface area (Å²) in [7, 11) is 1.36. The lowest BCUT2D eigenvalue weighted by atomic mass is 10.3. The van der Waals surface area contributed by atoms with Gasteiger partial charge in [0.05, 0.1) is 26.0 Å². The first-order valence-corrected chi connectivity index (χ1v) is 7.28.